The minimum absolute atomic E-state index is 0.0301. The quantitative estimate of drug-likeness (QED) is 0.203. The number of benzene rings is 1. The Labute approximate surface area is 204 Å². The normalized spacial score (nSPS) is 12.6. The number of halogens is 2. The summed E-state index contributed by atoms with van der Waals surface area (Å²) in [5.41, 5.74) is 0.517. The van der Waals surface area contributed by atoms with E-state index in [0.29, 0.717) is 17.5 Å². The number of sulfone groups is 1. The van der Waals surface area contributed by atoms with Crippen molar-refractivity contribution in [2.45, 2.75) is 69.0 Å². The van der Waals surface area contributed by atoms with Crippen LogP contribution in [0.1, 0.15) is 23.1 Å². The van der Waals surface area contributed by atoms with Crippen LogP contribution in [0.25, 0.3) is 10.9 Å². The number of fused-ring (bicyclic) bond motifs is 1. The summed E-state index contributed by atoms with van der Waals surface area (Å²) in [5.74, 6) is -0.858. The van der Waals surface area contributed by atoms with Crippen LogP contribution in [-0.4, -0.2) is 56.4 Å². The Morgan fingerprint density at radius 2 is 1.91 bits per heavy atom. The van der Waals surface area contributed by atoms with E-state index < -0.39 is 36.9 Å². The topological polar surface area (TPSA) is 92.4 Å². The lowest BCUT2D eigenvalue weighted by molar-refractivity contribution is 0.0506. The van der Waals surface area contributed by atoms with Crippen molar-refractivity contribution >= 4 is 34.8 Å². The van der Waals surface area contributed by atoms with E-state index in [2.05, 4.69) is 24.7 Å². The van der Waals surface area contributed by atoms with E-state index in [1.807, 2.05) is 0 Å². The van der Waals surface area contributed by atoms with Crippen LogP contribution in [0.2, 0.25) is 25.7 Å². The van der Waals surface area contributed by atoms with E-state index in [9.17, 15) is 22.0 Å². The zero-order valence-corrected chi connectivity index (χ0v) is 22.4. The van der Waals surface area contributed by atoms with Crippen LogP contribution in [-0.2, 0) is 32.6 Å². The van der Waals surface area contributed by atoms with Crippen molar-refractivity contribution in [1.82, 2.24) is 14.3 Å². The third-order valence-corrected chi connectivity index (χ3v) is 9.12. The van der Waals surface area contributed by atoms with Crippen LogP contribution in [0.4, 0.5) is 8.78 Å². The van der Waals surface area contributed by atoms with E-state index in [0.717, 1.165) is 16.7 Å². The molecule has 0 aliphatic rings. The molecule has 0 unspecified atom stereocenters. The molecule has 2 aromatic heterocycles. The number of hydrogen-bond donors (Lipinski definition) is 0. The maximum Gasteiger partial charge on any atom is 0.354 e. The lowest BCUT2D eigenvalue weighted by Crippen LogP contribution is -2.22. The van der Waals surface area contributed by atoms with Gasteiger partial charge in [0.15, 0.2) is 0 Å². The number of esters is 1. The highest BCUT2D eigenvalue weighted by molar-refractivity contribution is 7.91. The van der Waals surface area contributed by atoms with E-state index in [1.54, 1.807) is 23.9 Å². The number of hydrogen-bond acceptors (Lipinski definition) is 6. The summed E-state index contributed by atoms with van der Waals surface area (Å²) in [7, 11) is -5.33. The van der Waals surface area contributed by atoms with Gasteiger partial charge < -0.3 is 14.0 Å². The Bertz CT molecular complexity index is 1310. The van der Waals surface area contributed by atoms with Gasteiger partial charge in [-0.15, -0.1) is 0 Å². The fraction of sp³-hybridized carbons (Fsp3) is 0.478. The number of nitrogens with zero attached hydrogens (tertiary/aromatic N) is 3. The van der Waals surface area contributed by atoms with Crippen LogP contribution in [0.15, 0.2) is 40.3 Å². The minimum Gasteiger partial charge on any atom is -0.461 e. The molecule has 35 heavy (non-hydrogen) atoms. The number of rotatable bonds is 11. The number of carbonyl (C=O) groups is 1. The smallest absolute Gasteiger partial charge is 0.354 e. The van der Waals surface area contributed by atoms with Gasteiger partial charge in [0.2, 0.25) is 9.84 Å². The predicted octanol–water partition coefficient (Wildman–Crippen LogP) is 4.73. The van der Waals surface area contributed by atoms with Gasteiger partial charge in [-0.3, -0.25) is 0 Å². The Morgan fingerprint density at radius 3 is 2.54 bits per heavy atom. The maximum atomic E-state index is 13.4. The van der Waals surface area contributed by atoms with Crippen LogP contribution in [0.5, 0.6) is 0 Å². The molecule has 192 valence electrons. The zero-order chi connectivity index (χ0) is 26.0. The summed E-state index contributed by atoms with van der Waals surface area (Å²) in [6, 6.07) is 6.67. The van der Waals surface area contributed by atoms with Gasteiger partial charge in [0, 0.05) is 25.8 Å². The first kappa shape index (κ1) is 27.0. The molecule has 0 aliphatic carbocycles. The molecular formula is C23H31F2N3O5SSi. The second-order valence-corrected chi connectivity index (χ2v) is 17.0. The number of carbonyl (C=O) groups excluding carboxylic acids is 1. The summed E-state index contributed by atoms with van der Waals surface area (Å²) in [6.45, 7) is 9.85. The van der Waals surface area contributed by atoms with Gasteiger partial charge >= 0.3 is 5.97 Å². The lowest BCUT2D eigenvalue weighted by Gasteiger charge is -2.15. The summed E-state index contributed by atoms with van der Waals surface area (Å²) >= 11 is 0. The molecule has 1 aromatic carbocycles. The van der Waals surface area contributed by atoms with Crippen molar-refractivity contribution in [1.29, 1.82) is 0 Å². The molecule has 0 saturated heterocycles. The number of alkyl halides is 2. The fourth-order valence-corrected chi connectivity index (χ4v) is 5.94. The van der Waals surface area contributed by atoms with E-state index in [4.69, 9.17) is 9.47 Å². The Hall–Kier alpha value is -2.57. The molecule has 0 saturated carbocycles. The Morgan fingerprint density at radius 1 is 1.20 bits per heavy atom. The highest BCUT2D eigenvalue weighted by atomic mass is 32.2. The van der Waals surface area contributed by atoms with Gasteiger partial charge in [0.25, 0.3) is 6.43 Å². The monoisotopic (exact) mass is 527 g/mol. The van der Waals surface area contributed by atoms with Crippen molar-refractivity contribution < 1.29 is 31.5 Å². The highest BCUT2D eigenvalue weighted by Gasteiger charge is 2.29. The average Bonchev–Trinajstić information content (AvgIpc) is 3.31. The minimum atomic E-state index is -4.11. The molecule has 3 rings (SSSR count). The van der Waals surface area contributed by atoms with Gasteiger partial charge in [-0.25, -0.2) is 26.7 Å². The van der Waals surface area contributed by atoms with E-state index in [-0.39, 0.29) is 34.5 Å². The predicted molar refractivity (Wildman–Crippen MR) is 130 cm³/mol. The van der Waals surface area contributed by atoms with Gasteiger partial charge in [0.1, 0.15) is 12.4 Å². The third-order valence-electron chi connectivity index (χ3n) is 5.55. The van der Waals surface area contributed by atoms with Crippen molar-refractivity contribution in [2.75, 3.05) is 13.2 Å². The first-order valence-electron chi connectivity index (χ1n) is 11.3. The van der Waals surface area contributed by atoms with Crippen LogP contribution < -0.4 is 0 Å². The van der Waals surface area contributed by atoms with Crippen molar-refractivity contribution in [3.63, 3.8) is 0 Å². The summed E-state index contributed by atoms with van der Waals surface area (Å²) in [5, 5.41) is 4.89. The van der Waals surface area contributed by atoms with Crippen LogP contribution in [0.3, 0.4) is 0 Å². The standard InChI is InChI=1S/C23H31F2N3O5SSi/c1-6-33-23(29)20-12-21(16(2)27(20)14-22(24)25)34(30,31)18-7-8-19-17(11-18)13-26-28(19)15-32-9-10-35(3,4)5/h7-8,11-13,22H,6,9-10,14-15H2,1-5H3. The summed E-state index contributed by atoms with van der Waals surface area (Å²) in [4.78, 5) is 12.1. The molecule has 3 aromatic rings. The first-order chi connectivity index (χ1) is 16.3. The molecule has 0 amide bonds. The molecule has 0 atom stereocenters. The van der Waals surface area contributed by atoms with E-state index >= 15 is 0 Å². The molecule has 2 heterocycles. The number of aromatic nitrogens is 3. The average molecular weight is 528 g/mol. The summed E-state index contributed by atoms with van der Waals surface area (Å²) in [6.07, 6.45) is -1.23. The highest BCUT2D eigenvalue weighted by Crippen LogP contribution is 2.30. The molecule has 0 fully saturated rings. The zero-order valence-electron chi connectivity index (χ0n) is 20.5. The van der Waals surface area contributed by atoms with Crippen LogP contribution >= 0.6 is 0 Å². The molecule has 12 heteroatoms. The molecule has 0 spiro atoms. The Balaban J connectivity index is 1.92. The van der Waals surface area contributed by atoms with Crippen LogP contribution in [0, 0.1) is 6.92 Å². The molecule has 0 bridgehead atoms. The van der Waals surface area contributed by atoms with Gasteiger partial charge in [-0.05, 0) is 44.2 Å². The molecule has 0 aliphatic heterocycles. The molecular weight excluding hydrogens is 496 g/mol. The lowest BCUT2D eigenvalue weighted by atomic mass is 10.2. The first-order valence-corrected chi connectivity index (χ1v) is 16.5. The number of ether oxygens (including phenoxy) is 2. The van der Waals surface area contributed by atoms with Crippen molar-refractivity contribution in [3.05, 3.63) is 41.9 Å². The third kappa shape index (κ3) is 6.17. The van der Waals surface area contributed by atoms with Crippen molar-refractivity contribution in [3.8, 4) is 0 Å². The van der Waals surface area contributed by atoms with Gasteiger partial charge in [-0.2, -0.15) is 5.10 Å². The summed E-state index contributed by atoms with van der Waals surface area (Å²) < 4.78 is 66.5. The largest absolute Gasteiger partial charge is 0.461 e. The maximum absolute atomic E-state index is 13.4. The second kappa shape index (κ2) is 10.6. The fourth-order valence-electron chi connectivity index (χ4n) is 3.63. The van der Waals surface area contributed by atoms with Gasteiger partial charge in [-0.1, -0.05) is 19.6 Å². The van der Waals surface area contributed by atoms with E-state index in [1.165, 1.54) is 19.1 Å². The van der Waals surface area contributed by atoms with Gasteiger partial charge in [0.05, 0.1) is 34.7 Å². The molecule has 0 radical (unpaired) electrons. The second-order valence-electron chi connectivity index (χ2n) is 9.42. The SMILES string of the molecule is CCOC(=O)c1cc(S(=O)(=O)c2ccc3c(cnn3COCC[Si](C)(C)C)c2)c(C)n1CC(F)F. The van der Waals surface area contributed by atoms with Crippen molar-refractivity contribution in [2.24, 2.45) is 0 Å². The Kier molecular flexibility index (Phi) is 8.17. The molecule has 0 N–H and O–H groups in total. The molecule has 8 nitrogen and oxygen atoms in total.